The Labute approximate surface area is 118 Å². The van der Waals surface area contributed by atoms with E-state index in [4.69, 9.17) is 4.74 Å². The van der Waals surface area contributed by atoms with Crippen LogP contribution in [0.25, 0.3) is 0 Å². The first-order chi connectivity index (χ1) is 9.69. The van der Waals surface area contributed by atoms with Crippen LogP contribution in [0.2, 0.25) is 0 Å². The van der Waals surface area contributed by atoms with Crippen molar-refractivity contribution < 1.29 is 14.3 Å². The molecule has 0 spiro atoms. The van der Waals surface area contributed by atoms with Crippen LogP contribution in [0.3, 0.4) is 0 Å². The summed E-state index contributed by atoms with van der Waals surface area (Å²) in [5.41, 5.74) is 0.836. The van der Waals surface area contributed by atoms with Crippen molar-refractivity contribution >= 4 is 11.7 Å². The number of para-hydroxylation sites is 1. The minimum absolute atomic E-state index is 0.297. The van der Waals surface area contributed by atoms with E-state index >= 15 is 0 Å². The zero-order chi connectivity index (χ0) is 14.4. The van der Waals surface area contributed by atoms with Gasteiger partial charge in [0.1, 0.15) is 17.5 Å². The smallest absolute Gasteiger partial charge is 0.327 e. The maximum absolute atomic E-state index is 11.3. The lowest BCUT2D eigenvalue weighted by molar-refractivity contribution is -0.141. The third-order valence-electron chi connectivity index (χ3n) is 2.77. The van der Waals surface area contributed by atoms with Gasteiger partial charge < -0.3 is 14.8 Å². The molecule has 0 unspecified atom stereocenters. The number of carbonyl (C=O) groups is 1. The molecule has 0 aliphatic carbocycles. The van der Waals surface area contributed by atoms with Crippen molar-refractivity contribution in [2.45, 2.75) is 13.0 Å². The van der Waals surface area contributed by atoms with Crippen molar-refractivity contribution in [2.24, 2.45) is 0 Å². The van der Waals surface area contributed by atoms with E-state index < -0.39 is 0 Å². The average Bonchev–Trinajstić information content (AvgIpc) is 2.49. The van der Waals surface area contributed by atoms with Gasteiger partial charge in [0, 0.05) is 5.69 Å². The summed E-state index contributed by atoms with van der Waals surface area (Å²) in [6, 6.07) is 16.6. The summed E-state index contributed by atoms with van der Waals surface area (Å²) in [5.74, 6) is 1.23. The second kappa shape index (κ2) is 6.61. The van der Waals surface area contributed by atoms with Crippen molar-refractivity contribution in [3.8, 4) is 11.5 Å². The molecule has 2 rings (SSSR count). The Balaban J connectivity index is 1.98. The zero-order valence-corrected chi connectivity index (χ0v) is 11.5. The third kappa shape index (κ3) is 3.75. The lowest BCUT2D eigenvalue weighted by Crippen LogP contribution is -2.27. The van der Waals surface area contributed by atoms with Crippen LogP contribution in [0.15, 0.2) is 54.6 Å². The fraction of sp³-hybridized carbons (Fsp3) is 0.188. The van der Waals surface area contributed by atoms with Gasteiger partial charge in [-0.05, 0) is 43.3 Å². The molecule has 4 nitrogen and oxygen atoms in total. The lowest BCUT2D eigenvalue weighted by atomic mass is 10.2. The fourth-order valence-corrected chi connectivity index (χ4v) is 1.73. The van der Waals surface area contributed by atoms with Gasteiger partial charge in [-0.1, -0.05) is 18.2 Å². The Morgan fingerprint density at radius 3 is 2.20 bits per heavy atom. The molecule has 0 fully saturated rings. The van der Waals surface area contributed by atoms with Crippen LogP contribution < -0.4 is 10.1 Å². The van der Waals surface area contributed by atoms with Gasteiger partial charge in [0.25, 0.3) is 0 Å². The van der Waals surface area contributed by atoms with Gasteiger partial charge >= 0.3 is 5.97 Å². The van der Waals surface area contributed by atoms with Crippen LogP contribution in [-0.2, 0) is 9.53 Å². The van der Waals surface area contributed by atoms with Crippen LogP contribution in [0.1, 0.15) is 6.92 Å². The second-order valence-corrected chi connectivity index (χ2v) is 4.33. The minimum Gasteiger partial charge on any atom is -0.467 e. The quantitative estimate of drug-likeness (QED) is 0.846. The summed E-state index contributed by atoms with van der Waals surface area (Å²) < 4.78 is 10.3. The molecule has 0 aliphatic rings. The van der Waals surface area contributed by atoms with Crippen molar-refractivity contribution in [2.75, 3.05) is 12.4 Å². The van der Waals surface area contributed by atoms with E-state index in [1.54, 1.807) is 6.92 Å². The molecule has 2 aromatic rings. The van der Waals surface area contributed by atoms with E-state index in [9.17, 15) is 4.79 Å². The summed E-state index contributed by atoms with van der Waals surface area (Å²) >= 11 is 0. The van der Waals surface area contributed by atoms with E-state index in [-0.39, 0.29) is 12.0 Å². The van der Waals surface area contributed by atoms with Gasteiger partial charge in [-0.25, -0.2) is 4.79 Å². The predicted octanol–water partition coefficient (Wildman–Crippen LogP) is 3.45. The van der Waals surface area contributed by atoms with Crippen molar-refractivity contribution in [3.05, 3.63) is 54.6 Å². The van der Waals surface area contributed by atoms with Crippen LogP contribution in [-0.4, -0.2) is 19.1 Å². The summed E-state index contributed by atoms with van der Waals surface area (Å²) in [7, 11) is 1.37. The maximum atomic E-state index is 11.3. The molecule has 0 saturated carbocycles. The van der Waals surface area contributed by atoms with Gasteiger partial charge in [0.15, 0.2) is 0 Å². The molecule has 0 radical (unpaired) electrons. The first kappa shape index (κ1) is 13.9. The Bertz CT molecular complexity index is 552. The highest BCUT2D eigenvalue weighted by Crippen LogP contribution is 2.22. The molecule has 1 atom stereocenters. The number of benzene rings is 2. The number of methoxy groups -OCH3 is 1. The van der Waals surface area contributed by atoms with E-state index in [0.29, 0.717) is 0 Å². The molecule has 1 N–H and O–H groups in total. The van der Waals surface area contributed by atoms with Crippen LogP contribution in [0.5, 0.6) is 11.5 Å². The molecule has 0 bridgehead atoms. The summed E-state index contributed by atoms with van der Waals surface area (Å²) in [4.78, 5) is 11.3. The number of hydrogen-bond acceptors (Lipinski definition) is 4. The zero-order valence-electron chi connectivity index (χ0n) is 11.5. The van der Waals surface area contributed by atoms with Gasteiger partial charge in [0.05, 0.1) is 7.11 Å². The first-order valence-corrected chi connectivity index (χ1v) is 6.36. The maximum Gasteiger partial charge on any atom is 0.327 e. The molecule has 0 aliphatic heterocycles. The molecular formula is C16H17NO3. The van der Waals surface area contributed by atoms with Gasteiger partial charge in [-0.15, -0.1) is 0 Å². The number of esters is 1. The van der Waals surface area contributed by atoms with E-state index in [1.807, 2.05) is 54.6 Å². The number of hydrogen-bond donors (Lipinski definition) is 1. The number of nitrogens with one attached hydrogen (secondary N) is 1. The number of ether oxygens (including phenoxy) is 2. The number of carbonyl (C=O) groups excluding carboxylic acids is 1. The highest BCUT2D eigenvalue weighted by atomic mass is 16.5. The highest BCUT2D eigenvalue weighted by molar-refractivity contribution is 5.78. The Morgan fingerprint density at radius 2 is 1.60 bits per heavy atom. The lowest BCUT2D eigenvalue weighted by Gasteiger charge is -2.13. The number of rotatable bonds is 5. The van der Waals surface area contributed by atoms with Crippen LogP contribution in [0.4, 0.5) is 5.69 Å². The predicted molar refractivity (Wildman–Crippen MR) is 78.1 cm³/mol. The molecular weight excluding hydrogens is 254 g/mol. The fourth-order valence-electron chi connectivity index (χ4n) is 1.73. The molecule has 0 aromatic heterocycles. The van der Waals surface area contributed by atoms with Gasteiger partial charge in [0.2, 0.25) is 0 Å². The molecule has 20 heavy (non-hydrogen) atoms. The number of anilines is 1. The van der Waals surface area contributed by atoms with Crippen molar-refractivity contribution in [1.29, 1.82) is 0 Å². The van der Waals surface area contributed by atoms with Gasteiger partial charge in [-0.2, -0.15) is 0 Å². The minimum atomic E-state index is -0.388. The van der Waals surface area contributed by atoms with Crippen LogP contribution >= 0.6 is 0 Å². The van der Waals surface area contributed by atoms with Crippen LogP contribution in [0, 0.1) is 0 Å². The Hall–Kier alpha value is -2.49. The van der Waals surface area contributed by atoms with E-state index in [0.717, 1.165) is 17.2 Å². The molecule has 0 amide bonds. The third-order valence-corrected chi connectivity index (χ3v) is 2.77. The molecule has 4 heteroatoms. The first-order valence-electron chi connectivity index (χ1n) is 6.36. The standard InChI is InChI=1S/C16H17NO3/c1-12(16(18)19-2)17-13-8-10-15(11-9-13)20-14-6-4-3-5-7-14/h3-12,17H,1-2H3/t12-/m0/s1. The monoisotopic (exact) mass is 271 g/mol. The molecule has 2 aromatic carbocycles. The Morgan fingerprint density at radius 1 is 1.00 bits per heavy atom. The highest BCUT2D eigenvalue weighted by Gasteiger charge is 2.12. The normalized spacial score (nSPS) is 11.5. The SMILES string of the molecule is COC(=O)[C@H](C)Nc1ccc(Oc2ccccc2)cc1. The van der Waals surface area contributed by atoms with Gasteiger partial charge in [-0.3, -0.25) is 0 Å². The van der Waals surface area contributed by atoms with Crippen molar-refractivity contribution in [3.63, 3.8) is 0 Å². The average molecular weight is 271 g/mol. The summed E-state index contributed by atoms with van der Waals surface area (Å²) in [6.07, 6.45) is 0. The Kier molecular flexibility index (Phi) is 4.60. The molecule has 0 saturated heterocycles. The largest absolute Gasteiger partial charge is 0.467 e. The van der Waals surface area contributed by atoms with Crippen molar-refractivity contribution in [1.82, 2.24) is 0 Å². The summed E-state index contributed by atoms with van der Waals surface area (Å²) in [6.45, 7) is 1.75. The van der Waals surface area contributed by atoms with E-state index in [2.05, 4.69) is 10.1 Å². The van der Waals surface area contributed by atoms with E-state index in [1.165, 1.54) is 7.11 Å². The molecule has 104 valence electrons. The second-order valence-electron chi connectivity index (χ2n) is 4.33. The summed E-state index contributed by atoms with van der Waals surface area (Å²) in [5, 5.41) is 3.05. The molecule has 0 heterocycles. The topological polar surface area (TPSA) is 47.6 Å².